The molecule has 2 saturated heterocycles. The molecule has 0 bridgehead atoms. The summed E-state index contributed by atoms with van der Waals surface area (Å²) in [5.41, 5.74) is 3.14. The number of aliphatic imine (C=N–C) groups is 1. The molecular weight excluding hydrogens is 517 g/mol. The first-order chi connectivity index (χ1) is 15.1. The van der Waals surface area contributed by atoms with Gasteiger partial charge in [-0.3, -0.25) is 14.7 Å². The summed E-state index contributed by atoms with van der Waals surface area (Å²) >= 11 is 0. The van der Waals surface area contributed by atoms with Gasteiger partial charge in [0.05, 0.1) is 18.8 Å². The summed E-state index contributed by atoms with van der Waals surface area (Å²) in [7, 11) is 1.82. The highest BCUT2D eigenvalue weighted by molar-refractivity contribution is 14.0. The molecule has 32 heavy (non-hydrogen) atoms. The number of likely N-dealkylation sites (tertiary alicyclic amines) is 1. The van der Waals surface area contributed by atoms with Gasteiger partial charge >= 0.3 is 0 Å². The van der Waals surface area contributed by atoms with Gasteiger partial charge in [-0.1, -0.05) is 18.9 Å². The number of halogens is 1. The van der Waals surface area contributed by atoms with Crippen molar-refractivity contribution in [2.75, 3.05) is 52.9 Å². The van der Waals surface area contributed by atoms with Crippen LogP contribution in [0.1, 0.15) is 37.1 Å². The Bertz CT molecular complexity index is 912. The van der Waals surface area contributed by atoms with E-state index < -0.39 is 0 Å². The number of nitrogens with zero attached hydrogens (tertiary/aromatic N) is 6. The summed E-state index contributed by atoms with van der Waals surface area (Å²) in [5.74, 6) is 1.19. The normalized spacial score (nSPS) is 18.4. The topological polar surface area (TPSA) is 68.5 Å². The third-order valence-electron chi connectivity index (χ3n) is 6.37. The summed E-state index contributed by atoms with van der Waals surface area (Å²) in [6, 6.07) is 6.14. The number of aromatic nitrogens is 2. The third-order valence-corrected chi connectivity index (χ3v) is 6.37. The van der Waals surface area contributed by atoms with E-state index in [0.717, 1.165) is 69.4 Å². The van der Waals surface area contributed by atoms with Crippen LogP contribution in [0, 0.1) is 6.92 Å². The number of nitrogens with one attached hydrogen (secondary N) is 1. The van der Waals surface area contributed by atoms with Crippen LogP contribution >= 0.6 is 24.0 Å². The Balaban J connectivity index is 0.00000289. The number of carbonyl (C=O) groups is 1. The Morgan fingerprint density at radius 2 is 1.75 bits per heavy atom. The van der Waals surface area contributed by atoms with E-state index in [2.05, 4.69) is 48.6 Å². The number of piperazine rings is 1. The molecule has 0 aromatic carbocycles. The molecule has 0 spiro atoms. The highest BCUT2D eigenvalue weighted by Gasteiger charge is 2.23. The Kier molecular flexibility index (Phi) is 9.15. The van der Waals surface area contributed by atoms with Gasteiger partial charge < -0.3 is 19.5 Å². The molecule has 176 valence electrons. The molecule has 2 aromatic rings. The lowest BCUT2D eigenvalue weighted by Crippen LogP contribution is -2.54. The van der Waals surface area contributed by atoms with Crippen LogP contribution in [0.15, 0.2) is 29.4 Å². The van der Waals surface area contributed by atoms with E-state index >= 15 is 0 Å². The maximum Gasteiger partial charge on any atom is 0.236 e. The maximum atomic E-state index is 12.7. The minimum absolute atomic E-state index is 0. The van der Waals surface area contributed by atoms with Crippen molar-refractivity contribution in [1.82, 2.24) is 29.4 Å². The highest BCUT2D eigenvalue weighted by atomic mass is 127. The molecule has 0 atom stereocenters. The molecule has 2 fully saturated rings. The summed E-state index contributed by atoms with van der Waals surface area (Å²) in [4.78, 5) is 28.5. The Hall–Kier alpha value is -1.88. The number of guanidine groups is 1. The van der Waals surface area contributed by atoms with Crippen molar-refractivity contribution in [1.29, 1.82) is 0 Å². The van der Waals surface area contributed by atoms with Gasteiger partial charge in [-0.05, 0) is 31.9 Å². The van der Waals surface area contributed by atoms with Crippen molar-refractivity contribution in [3.05, 3.63) is 35.8 Å². The van der Waals surface area contributed by atoms with Crippen LogP contribution in [-0.4, -0.2) is 88.8 Å². The smallest absolute Gasteiger partial charge is 0.236 e. The van der Waals surface area contributed by atoms with E-state index in [9.17, 15) is 4.79 Å². The van der Waals surface area contributed by atoms with Crippen molar-refractivity contribution in [2.45, 2.75) is 39.2 Å². The van der Waals surface area contributed by atoms with Crippen molar-refractivity contribution < 1.29 is 4.79 Å². The predicted octanol–water partition coefficient (Wildman–Crippen LogP) is 2.36. The second-order valence-corrected chi connectivity index (χ2v) is 8.59. The molecule has 0 saturated carbocycles. The summed E-state index contributed by atoms with van der Waals surface area (Å²) < 4.78 is 2.11. The first-order valence-corrected chi connectivity index (χ1v) is 11.5. The quantitative estimate of drug-likeness (QED) is 0.358. The van der Waals surface area contributed by atoms with Crippen LogP contribution in [0.3, 0.4) is 0 Å². The number of hydrogen-bond donors (Lipinski definition) is 1. The maximum absolute atomic E-state index is 12.7. The zero-order chi connectivity index (χ0) is 21.6. The molecular formula is C23H36IN7O. The van der Waals surface area contributed by atoms with Gasteiger partial charge in [-0.15, -0.1) is 24.0 Å². The van der Waals surface area contributed by atoms with Crippen LogP contribution in [0.2, 0.25) is 0 Å². The Morgan fingerprint density at radius 3 is 2.41 bits per heavy atom. The fourth-order valence-electron chi connectivity index (χ4n) is 4.52. The number of aryl methyl sites for hydroxylation is 1. The molecule has 1 N–H and O–H groups in total. The second-order valence-electron chi connectivity index (χ2n) is 8.59. The molecule has 8 nitrogen and oxygen atoms in total. The van der Waals surface area contributed by atoms with Gasteiger partial charge in [-0.2, -0.15) is 0 Å². The lowest BCUT2D eigenvalue weighted by Gasteiger charge is -2.36. The van der Waals surface area contributed by atoms with Crippen molar-refractivity contribution in [3.8, 4) is 0 Å². The fraction of sp³-hybridized carbons (Fsp3) is 0.609. The van der Waals surface area contributed by atoms with E-state index in [-0.39, 0.29) is 24.0 Å². The number of rotatable bonds is 4. The Labute approximate surface area is 208 Å². The van der Waals surface area contributed by atoms with Crippen LogP contribution in [-0.2, 0) is 11.3 Å². The number of imidazole rings is 1. The first kappa shape index (κ1) is 24.8. The average molecular weight is 553 g/mol. The van der Waals surface area contributed by atoms with Crippen LogP contribution in [0.4, 0.5) is 0 Å². The lowest BCUT2D eigenvalue weighted by molar-refractivity contribution is -0.132. The third kappa shape index (κ3) is 6.12. The zero-order valence-corrected chi connectivity index (χ0v) is 21.6. The van der Waals surface area contributed by atoms with Gasteiger partial charge in [-0.25, -0.2) is 4.98 Å². The van der Waals surface area contributed by atoms with E-state index in [1.54, 1.807) is 0 Å². The lowest BCUT2D eigenvalue weighted by atomic mass is 10.2. The Morgan fingerprint density at radius 1 is 1.03 bits per heavy atom. The molecule has 2 aromatic heterocycles. The summed E-state index contributed by atoms with van der Waals surface area (Å²) in [6.07, 6.45) is 6.88. The SMILES string of the molecule is CN=C(NCc1cn2c(C)cccc2n1)N1CCN(CC(=O)N2CCCCCC2)CC1.I. The molecule has 0 unspecified atom stereocenters. The minimum Gasteiger partial charge on any atom is -0.351 e. The molecule has 4 rings (SSSR count). The van der Waals surface area contributed by atoms with Gasteiger partial charge in [0.2, 0.25) is 5.91 Å². The number of amides is 1. The van der Waals surface area contributed by atoms with E-state index in [0.29, 0.717) is 19.0 Å². The van der Waals surface area contributed by atoms with Gasteiger partial charge in [0.15, 0.2) is 5.96 Å². The van der Waals surface area contributed by atoms with Gasteiger partial charge in [0, 0.05) is 58.2 Å². The zero-order valence-electron chi connectivity index (χ0n) is 19.3. The van der Waals surface area contributed by atoms with Crippen LogP contribution < -0.4 is 5.32 Å². The molecule has 1 amide bonds. The predicted molar refractivity (Wildman–Crippen MR) is 139 cm³/mol. The van der Waals surface area contributed by atoms with E-state index in [4.69, 9.17) is 4.98 Å². The molecule has 2 aliphatic rings. The second kappa shape index (κ2) is 11.8. The van der Waals surface area contributed by atoms with Crippen LogP contribution in [0.25, 0.3) is 5.65 Å². The summed E-state index contributed by atoms with van der Waals surface area (Å²) in [6.45, 7) is 8.63. The molecule has 2 aliphatic heterocycles. The van der Waals surface area contributed by atoms with Crippen molar-refractivity contribution >= 4 is 41.5 Å². The first-order valence-electron chi connectivity index (χ1n) is 11.5. The van der Waals surface area contributed by atoms with Crippen molar-refractivity contribution in [3.63, 3.8) is 0 Å². The molecule has 0 radical (unpaired) electrons. The minimum atomic E-state index is 0. The standard InChI is InChI=1S/C23H35N7O.HI/c1-19-8-7-9-21-26-20(17-30(19)21)16-25-23(24-2)29-14-12-27(13-15-29)18-22(31)28-10-5-3-4-6-11-28;/h7-9,17H,3-6,10-16,18H2,1-2H3,(H,24,25);1H. The largest absolute Gasteiger partial charge is 0.351 e. The molecule has 9 heteroatoms. The van der Waals surface area contributed by atoms with E-state index in [1.165, 1.54) is 18.5 Å². The average Bonchev–Trinajstić information content (AvgIpc) is 3.01. The fourth-order valence-corrected chi connectivity index (χ4v) is 4.52. The number of fused-ring (bicyclic) bond motifs is 1. The highest BCUT2D eigenvalue weighted by Crippen LogP contribution is 2.12. The summed E-state index contributed by atoms with van der Waals surface area (Å²) in [5, 5.41) is 3.46. The van der Waals surface area contributed by atoms with Crippen molar-refractivity contribution in [2.24, 2.45) is 4.99 Å². The number of hydrogen-bond acceptors (Lipinski definition) is 4. The van der Waals surface area contributed by atoms with Crippen LogP contribution in [0.5, 0.6) is 0 Å². The molecule has 0 aliphatic carbocycles. The number of carbonyl (C=O) groups excluding carboxylic acids is 1. The van der Waals surface area contributed by atoms with Gasteiger partial charge in [0.1, 0.15) is 5.65 Å². The monoisotopic (exact) mass is 553 g/mol. The van der Waals surface area contributed by atoms with E-state index in [1.807, 2.05) is 19.2 Å². The van der Waals surface area contributed by atoms with Gasteiger partial charge in [0.25, 0.3) is 0 Å². The molecule has 4 heterocycles. The number of pyridine rings is 1.